The summed E-state index contributed by atoms with van der Waals surface area (Å²) in [6.45, 7) is 0. The highest BCUT2D eigenvalue weighted by Gasteiger charge is 2.04. The summed E-state index contributed by atoms with van der Waals surface area (Å²) < 4.78 is 0. The molecule has 14 heavy (non-hydrogen) atoms. The van der Waals surface area contributed by atoms with E-state index in [0.717, 1.165) is 11.8 Å². The maximum atomic E-state index is 9.15. The minimum absolute atomic E-state index is 0.505. The van der Waals surface area contributed by atoms with E-state index in [4.69, 9.17) is 33.7 Å². The van der Waals surface area contributed by atoms with Gasteiger partial charge in [-0.2, -0.15) is 0 Å². The highest BCUT2D eigenvalue weighted by Crippen LogP contribution is 2.22. The number of hydrogen-bond acceptors (Lipinski definition) is 2. The zero-order valence-corrected chi connectivity index (χ0v) is 9.02. The third kappa shape index (κ3) is 3.29. The van der Waals surface area contributed by atoms with Gasteiger partial charge < -0.3 is 10.5 Å². The van der Waals surface area contributed by atoms with Gasteiger partial charge in [0.2, 0.25) is 0 Å². The Kier molecular flexibility index (Phi) is 4.39. The Morgan fingerprint density at radius 3 is 2.71 bits per heavy atom. The Bertz CT molecular complexity index is 328. The largest absolute Gasteiger partial charge is 0.387 e. The molecule has 1 unspecified atom stereocenters. The summed E-state index contributed by atoms with van der Waals surface area (Å²) >= 11 is 11.7. The molecule has 1 aromatic carbocycles. The Balaban J connectivity index is 2.63. The number of aliphatic hydroxyl groups excluding tert-OH is 1. The molecule has 1 rings (SSSR count). The minimum Gasteiger partial charge on any atom is -0.387 e. The zero-order valence-electron chi connectivity index (χ0n) is 7.50. The molecule has 0 aliphatic rings. The Labute approximate surface area is 93.0 Å². The van der Waals surface area contributed by atoms with E-state index in [2.05, 4.69) is 0 Å². The third-order valence-electron chi connectivity index (χ3n) is 1.92. The number of benzene rings is 1. The number of nitrogens with one attached hydrogen (secondary N) is 1. The average Bonchev–Trinajstić information content (AvgIpc) is 2.16. The second kappa shape index (κ2) is 5.35. The van der Waals surface area contributed by atoms with Crippen molar-refractivity contribution in [3.63, 3.8) is 0 Å². The summed E-state index contributed by atoms with van der Waals surface area (Å²) in [5.41, 5.74) is 0.942. The van der Waals surface area contributed by atoms with Gasteiger partial charge in [0, 0.05) is 16.3 Å². The van der Waals surface area contributed by atoms with Crippen molar-refractivity contribution in [1.82, 2.24) is 0 Å². The number of aryl methyl sites for hydroxylation is 1. The maximum absolute atomic E-state index is 9.15. The summed E-state index contributed by atoms with van der Waals surface area (Å²) in [5.74, 6) is 0. The second-order valence-corrected chi connectivity index (χ2v) is 3.85. The molecule has 0 bridgehead atoms. The fourth-order valence-corrected chi connectivity index (χ4v) is 1.61. The van der Waals surface area contributed by atoms with Crippen LogP contribution >= 0.6 is 23.2 Å². The molecule has 0 saturated heterocycles. The average molecular weight is 232 g/mol. The summed E-state index contributed by atoms with van der Waals surface area (Å²) in [4.78, 5) is 0. The quantitative estimate of drug-likeness (QED) is 0.770. The van der Waals surface area contributed by atoms with Crippen molar-refractivity contribution >= 4 is 29.4 Å². The van der Waals surface area contributed by atoms with E-state index in [-0.39, 0.29) is 0 Å². The molecule has 0 amide bonds. The molecule has 1 atom stereocenters. The van der Waals surface area contributed by atoms with Crippen molar-refractivity contribution in [3.05, 3.63) is 33.8 Å². The smallest absolute Gasteiger partial charge is 0.0887 e. The predicted octanol–water partition coefficient (Wildman–Crippen LogP) is 2.94. The molecular weight excluding hydrogens is 221 g/mol. The molecule has 0 saturated carbocycles. The van der Waals surface area contributed by atoms with E-state index in [1.807, 2.05) is 6.07 Å². The molecule has 2 N–H and O–H groups in total. The van der Waals surface area contributed by atoms with Crippen molar-refractivity contribution in [3.8, 4) is 0 Å². The number of aliphatic hydroxyl groups is 1. The van der Waals surface area contributed by atoms with E-state index in [1.54, 1.807) is 12.1 Å². The summed E-state index contributed by atoms with van der Waals surface area (Å²) in [7, 11) is 0. The number of rotatable bonds is 4. The van der Waals surface area contributed by atoms with Crippen LogP contribution in [0, 0.1) is 5.41 Å². The van der Waals surface area contributed by atoms with Gasteiger partial charge in [-0.15, -0.1) is 0 Å². The Morgan fingerprint density at radius 2 is 2.14 bits per heavy atom. The Morgan fingerprint density at radius 1 is 1.43 bits per heavy atom. The van der Waals surface area contributed by atoms with Crippen molar-refractivity contribution in [1.29, 1.82) is 5.41 Å². The van der Waals surface area contributed by atoms with Crippen LogP contribution in [-0.4, -0.2) is 17.4 Å². The van der Waals surface area contributed by atoms with Crippen molar-refractivity contribution in [2.45, 2.75) is 18.9 Å². The van der Waals surface area contributed by atoms with Crippen molar-refractivity contribution < 1.29 is 5.11 Å². The first-order chi connectivity index (χ1) is 6.63. The van der Waals surface area contributed by atoms with E-state index in [1.165, 1.54) is 0 Å². The normalized spacial score (nSPS) is 12.5. The molecule has 2 nitrogen and oxygen atoms in total. The molecule has 0 radical (unpaired) electrons. The lowest BCUT2D eigenvalue weighted by molar-refractivity contribution is 0.235. The summed E-state index contributed by atoms with van der Waals surface area (Å²) in [6.07, 6.45) is 1.48. The summed E-state index contributed by atoms with van der Waals surface area (Å²) in [5, 5.41) is 17.2. The highest BCUT2D eigenvalue weighted by atomic mass is 35.5. The Hall–Kier alpha value is -0.570. The fourth-order valence-electron chi connectivity index (χ4n) is 1.11. The van der Waals surface area contributed by atoms with Crippen molar-refractivity contribution in [2.75, 3.05) is 0 Å². The van der Waals surface area contributed by atoms with Gasteiger partial charge in [-0.25, -0.2) is 0 Å². The minimum atomic E-state index is -0.693. The first-order valence-corrected chi connectivity index (χ1v) is 5.01. The van der Waals surface area contributed by atoms with Crippen LogP contribution in [0.1, 0.15) is 12.0 Å². The lowest BCUT2D eigenvalue weighted by Crippen LogP contribution is -2.08. The molecule has 76 valence electrons. The number of halogens is 2. The molecule has 0 aliphatic carbocycles. The fraction of sp³-hybridized carbons (Fsp3) is 0.300. The number of hydrogen-bond donors (Lipinski definition) is 2. The van der Waals surface area contributed by atoms with Crippen molar-refractivity contribution in [2.24, 2.45) is 0 Å². The second-order valence-electron chi connectivity index (χ2n) is 3.01. The first kappa shape index (κ1) is 11.5. The SMILES string of the molecule is N=CC(O)CCc1ccc(Cl)cc1Cl. The van der Waals surface area contributed by atoms with Gasteiger partial charge in [0.15, 0.2) is 0 Å². The molecule has 0 aliphatic heterocycles. The molecule has 0 aromatic heterocycles. The predicted molar refractivity (Wildman–Crippen MR) is 59.6 cm³/mol. The van der Waals surface area contributed by atoms with Gasteiger partial charge in [-0.3, -0.25) is 0 Å². The molecule has 1 aromatic rings. The zero-order chi connectivity index (χ0) is 10.6. The molecular formula is C10H11Cl2NO. The van der Waals surface area contributed by atoms with E-state index in [9.17, 15) is 0 Å². The summed E-state index contributed by atoms with van der Waals surface area (Å²) in [6, 6.07) is 5.27. The van der Waals surface area contributed by atoms with Crippen LogP contribution < -0.4 is 0 Å². The highest BCUT2D eigenvalue weighted by molar-refractivity contribution is 6.35. The van der Waals surface area contributed by atoms with Gasteiger partial charge in [0.05, 0.1) is 6.10 Å². The third-order valence-corrected chi connectivity index (χ3v) is 2.50. The molecule has 0 fully saturated rings. The first-order valence-electron chi connectivity index (χ1n) is 4.26. The molecule has 0 spiro atoms. The lowest BCUT2D eigenvalue weighted by atomic mass is 10.1. The monoisotopic (exact) mass is 231 g/mol. The van der Waals surface area contributed by atoms with E-state index < -0.39 is 6.10 Å². The van der Waals surface area contributed by atoms with E-state index in [0.29, 0.717) is 22.9 Å². The topological polar surface area (TPSA) is 44.1 Å². The van der Waals surface area contributed by atoms with Crippen LogP contribution in [0.25, 0.3) is 0 Å². The van der Waals surface area contributed by atoms with Crippen LogP contribution in [0.4, 0.5) is 0 Å². The van der Waals surface area contributed by atoms with Gasteiger partial charge in [0.25, 0.3) is 0 Å². The molecule has 4 heteroatoms. The molecule has 0 heterocycles. The van der Waals surface area contributed by atoms with Crippen LogP contribution in [0.3, 0.4) is 0 Å². The van der Waals surface area contributed by atoms with Crippen LogP contribution in [0.15, 0.2) is 18.2 Å². The lowest BCUT2D eigenvalue weighted by Gasteiger charge is -2.06. The maximum Gasteiger partial charge on any atom is 0.0887 e. The van der Waals surface area contributed by atoms with Crippen LogP contribution in [0.5, 0.6) is 0 Å². The van der Waals surface area contributed by atoms with Gasteiger partial charge in [-0.05, 0) is 30.5 Å². The standard InChI is InChI=1S/C10H11Cl2NO/c11-8-3-1-7(10(12)5-8)2-4-9(14)6-13/h1,3,5-6,9,13-14H,2,4H2. The van der Waals surface area contributed by atoms with Crippen LogP contribution in [-0.2, 0) is 6.42 Å². The van der Waals surface area contributed by atoms with Gasteiger partial charge in [-0.1, -0.05) is 29.3 Å². The van der Waals surface area contributed by atoms with Gasteiger partial charge in [0.1, 0.15) is 0 Å². The van der Waals surface area contributed by atoms with E-state index >= 15 is 0 Å². The van der Waals surface area contributed by atoms with Gasteiger partial charge >= 0.3 is 0 Å². The van der Waals surface area contributed by atoms with Crippen LogP contribution in [0.2, 0.25) is 10.0 Å².